The highest BCUT2D eigenvalue weighted by molar-refractivity contribution is 5.42. The SMILES string of the molecule is COc1cc(C)ccc1OC1CCC(N)C1. The molecule has 3 nitrogen and oxygen atoms in total. The molecule has 1 aliphatic rings. The van der Waals surface area contributed by atoms with Crippen LogP contribution in [0, 0.1) is 6.92 Å². The second kappa shape index (κ2) is 4.74. The predicted molar refractivity (Wildman–Crippen MR) is 64.0 cm³/mol. The zero-order chi connectivity index (χ0) is 11.5. The summed E-state index contributed by atoms with van der Waals surface area (Å²) in [5, 5.41) is 0. The van der Waals surface area contributed by atoms with Crippen molar-refractivity contribution in [1.82, 2.24) is 0 Å². The van der Waals surface area contributed by atoms with E-state index in [9.17, 15) is 0 Å². The molecule has 2 unspecified atom stereocenters. The molecule has 1 aliphatic carbocycles. The Hall–Kier alpha value is -1.22. The van der Waals surface area contributed by atoms with Gasteiger partial charge in [0, 0.05) is 6.04 Å². The highest BCUT2D eigenvalue weighted by atomic mass is 16.5. The van der Waals surface area contributed by atoms with Gasteiger partial charge in [0.1, 0.15) is 6.10 Å². The van der Waals surface area contributed by atoms with Crippen LogP contribution in [0.4, 0.5) is 0 Å². The van der Waals surface area contributed by atoms with Crippen LogP contribution < -0.4 is 15.2 Å². The number of nitrogens with two attached hydrogens (primary N) is 1. The monoisotopic (exact) mass is 221 g/mol. The van der Waals surface area contributed by atoms with E-state index in [0.29, 0.717) is 6.04 Å². The van der Waals surface area contributed by atoms with Crippen LogP contribution in [0.3, 0.4) is 0 Å². The van der Waals surface area contributed by atoms with Gasteiger partial charge in [-0.25, -0.2) is 0 Å². The first-order valence-electron chi connectivity index (χ1n) is 5.76. The molecule has 2 N–H and O–H groups in total. The molecule has 88 valence electrons. The Kier molecular flexibility index (Phi) is 3.34. The van der Waals surface area contributed by atoms with Crippen molar-refractivity contribution in [3.05, 3.63) is 23.8 Å². The number of methoxy groups -OCH3 is 1. The number of aryl methyl sites for hydroxylation is 1. The van der Waals surface area contributed by atoms with Crippen molar-refractivity contribution in [1.29, 1.82) is 0 Å². The Balaban J connectivity index is 2.08. The molecular formula is C13H19NO2. The van der Waals surface area contributed by atoms with Crippen LogP contribution in [0.2, 0.25) is 0 Å². The number of benzene rings is 1. The molecule has 1 saturated carbocycles. The van der Waals surface area contributed by atoms with Crippen LogP contribution in [0.15, 0.2) is 18.2 Å². The smallest absolute Gasteiger partial charge is 0.161 e. The van der Waals surface area contributed by atoms with Crippen LogP contribution in [-0.2, 0) is 0 Å². The zero-order valence-electron chi connectivity index (χ0n) is 9.90. The van der Waals surface area contributed by atoms with Gasteiger partial charge in [-0.2, -0.15) is 0 Å². The van der Waals surface area contributed by atoms with E-state index in [1.54, 1.807) is 7.11 Å². The largest absolute Gasteiger partial charge is 0.493 e. The van der Waals surface area contributed by atoms with Gasteiger partial charge < -0.3 is 15.2 Å². The van der Waals surface area contributed by atoms with Crippen molar-refractivity contribution < 1.29 is 9.47 Å². The van der Waals surface area contributed by atoms with Gasteiger partial charge in [-0.15, -0.1) is 0 Å². The van der Waals surface area contributed by atoms with Crippen LogP contribution >= 0.6 is 0 Å². The fourth-order valence-corrected chi connectivity index (χ4v) is 2.13. The van der Waals surface area contributed by atoms with Crippen LogP contribution in [0.25, 0.3) is 0 Å². The molecule has 0 amide bonds. The first kappa shape index (κ1) is 11.3. The molecule has 0 bridgehead atoms. The second-order valence-electron chi connectivity index (χ2n) is 4.47. The second-order valence-corrected chi connectivity index (χ2v) is 4.47. The van der Waals surface area contributed by atoms with E-state index in [1.165, 1.54) is 5.56 Å². The third-order valence-corrected chi connectivity index (χ3v) is 3.04. The first-order chi connectivity index (χ1) is 7.69. The third-order valence-electron chi connectivity index (χ3n) is 3.04. The topological polar surface area (TPSA) is 44.5 Å². The summed E-state index contributed by atoms with van der Waals surface area (Å²) in [6, 6.07) is 6.29. The summed E-state index contributed by atoms with van der Waals surface area (Å²) >= 11 is 0. The molecule has 0 aromatic heterocycles. The van der Waals surface area contributed by atoms with E-state index in [2.05, 4.69) is 0 Å². The number of ether oxygens (including phenoxy) is 2. The van der Waals surface area contributed by atoms with Crippen LogP contribution in [0.5, 0.6) is 11.5 Å². The average Bonchev–Trinajstić information content (AvgIpc) is 2.67. The van der Waals surface area contributed by atoms with Crippen molar-refractivity contribution in [3.8, 4) is 11.5 Å². The summed E-state index contributed by atoms with van der Waals surface area (Å²) in [4.78, 5) is 0. The molecule has 0 saturated heterocycles. The van der Waals surface area contributed by atoms with Gasteiger partial charge in [0.05, 0.1) is 7.11 Å². The molecule has 2 rings (SSSR count). The molecule has 3 heteroatoms. The molecule has 1 fully saturated rings. The Labute approximate surface area is 96.5 Å². The third kappa shape index (κ3) is 2.47. The summed E-state index contributed by atoms with van der Waals surface area (Å²) < 4.78 is 11.2. The van der Waals surface area contributed by atoms with Crippen LogP contribution in [0.1, 0.15) is 24.8 Å². The van der Waals surface area contributed by atoms with E-state index in [0.717, 1.165) is 30.8 Å². The molecule has 2 atom stereocenters. The Morgan fingerprint density at radius 1 is 1.25 bits per heavy atom. The predicted octanol–water partition coefficient (Wildman–Crippen LogP) is 2.26. The molecule has 1 aromatic rings. The molecule has 1 aromatic carbocycles. The normalized spacial score (nSPS) is 24.4. The maximum atomic E-state index is 5.92. The first-order valence-corrected chi connectivity index (χ1v) is 5.76. The van der Waals surface area contributed by atoms with E-state index < -0.39 is 0 Å². The molecule has 0 spiro atoms. The number of hydrogen-bond acceptors (Lipinski definition) is 3. The lowest BCUT2D eigenvalue weighted by atomic mass is 10.2. The lowest BCUT2D eigenvalue weighted by molar-refractivity contribution is 0.199. The summed E-state index contributed by atoms with van der Waals surface area (Å²) in [5.74, 6) is 1.63. The van der Waals surface area contributed by atoms with Crippen molar-refractivity contribution in [2.45, 2.75) is 38.3 Å². The van der Waals surface area contributed by atoms with Gasteiger partial charge in [0.25, 0.3) is 0 Å². The van der Waals surface area contributed by atoms with Gasteiger partial charge in [0.2, 0.25) is 0 Å². The lowest BCUT2D eigenvalue weighted by Gasteiger charge is -2.16. The summed E-state index contributed by atoms with van der Waals surface area (Å²) in [7, 11) is 1.67. The molecule has 0 heterocycles. The van der Waals surface area contributed by atoms with Crippen molar-refractivity contribution in [3.63, 3.8) is 0 Å². The maximum absolute atomic E-state index is 5.92. The van der Waals surface area contributed by atoms with E-state index >= 15 is 0 Å². The van der Waals surface area contributed by atoms with Gasteiger partial charge in [-0.05, 0) is 43.9 Å². The molecule has 0 radical (unpaired) electrons. The van der Waals surface area contributed by atoms with Crippen molar-refractivity contribution in [2.75, 3.05) is 7.11 Å². The van der Waals surface area contributed by atoms with Gasteiger partial charge >= 0.3 is 0 Å². The summed E-state index contributed by atoms with van der Waals surface area (Å²) in [6.45, 7) is 2.04. The van der Waals surface area contributed by atoms with Gasteiger partial charge in [-0.1, -0.05) is 6.07 Å². The summed E-state index contributed by atoms with van der Waals surface area (Å²) in [5.41, 5.74) is 7.04. The quantitative estimate of drug-likeness (QED) is 0.851. The fraction of sp³-hybridized carbons (Fsp3) is 0.538. The number of hydrogen-bond donors (Lipinski definition) is 1. The minimum Gasteiger partial charge on any atom is -0.493 e. The minimum absolute atomic E-state index is 0.242. The van der Waals surface area contributed by atoms with Gasteiger partial charge in [0.15, 0.2) is 11.5 Å². The Morgan fingerprint density at radius 3 is 2.69 bits per heavy atom. The molecular weight excluding hydrogens is 202 g/mol. The highest BCUT2D eigenvalue weighted by Gasteiger charge is 2.24. The summed E-state index contributed by atoms with van der Waals surface area (Å²) in [6.07, 6.45) is 3.28. The minimum atomic E-state index is 0.242. The molecule has 16 heavy (non-hydrogen) atoms. The highest BCUT2D eigenvalue weighted by Crippen LogP contribution is 2.31. The lowest BCUT2D eigenvalue weighted by Crippen LogP contribution is -2.19. The molecule has 0 aliphatic heterocycles. The Morgan fingerprint density at radius 2 is 2.06 bits per heavy atom. The number of rotatable bonds is 3. The average molecular weight is 221 g/mol. The van der Waals surface area contributed by atoms with E-state index in [1.807, 2.05) is 25.1 Å². The Bertz CT molecular complexity index is 365. The fourth-order valence-electron chi connectivity index (χ4n) is 2.13. The van der Waals surface area contributed by atoms with Crippen molar-refractivity contribution >= 4 is 0 Å². The zero-order valence-corrected chi connectivity index (χ0v) is 9.90. The van der Waals surface area contributed by atoms with Crippen molar-refractivity contribution in [2.24, 2.45) is 5.73 Å². The van der Waals surface area contributed by atoms with Gasteiger partial charge in [-0.3, -0.25) is 0 Å². The maximum Gasteiger partial charge on any atom is 0.161 e. The van der Waals surface area contributed by atoms with E-state index in [-0.39, 0.29) is 6.10 Å². The van der Waals surface area contributed by atoms with Crippen LogP contribution in [-0.4, -0.2) is 19.3 Å². The standard InChI is InChI=1S/C13H19NO2/c1-9-3-6-12(13(7-9)15-2)16-11-5-4-10(14)8-11/h3,6-7,10-11H,4-5,8,14H2,1-2H3. The van der Waals surface area contributed by atoms with E-state index in [4.69, 9.17) is 15.2 Å².